The van der Waals surface area contributed by atoms with Gasteiger partial charge in [0, 0.05) is 55.4 Å². The molecule has 5 rings (SSSR count). The minimum absolute atomic E-state index is 0.338. The molecule has 2 N–H and O–H groups in total. The minimum Gasteiger partial charge on any atom is -0.480 e. The SMILES string of the molecule is O=C(O)[C@H](c1c[nH]c2cc(F)ccc12)N1CCN(Cc2cccc3ccccc23)CC1. The van der Waals surface area contributed by atoms with E-state index in [-0.39, 0.29) is 5.82 Å². The number of carboxylic acids is 1. The molecule has 0 spiro atoms. The van der Waals surface area contributed by atoms with Crippen molar-refractivity contribution in [2.45, 2.75) is 12.6 Å². The van der Waals surface area contributed by atoms with Crippen LogP contribution in [-0.4, -0.2) is 52.0 Å². The number of nitrogens with one attached hydrogen (secondary N) is 1. The van der Waals surface area contributed by atoms with Gasteiger partial charge in [-0.1, -0.05) is 42.5 Å². The molecule has 0 bridgehead atoms. The van der Waals surface area contributed by atoms with Crippen LogP contribution in [0.3, 0.4) is 0 Å². The molecule has 1 saturated heterocycles. The number of hydrogen-bond donors (Lipinski definition) is 2. The highest BCUT2D eigenvalue weighted by molar-refractivity contribution is 5.89. The standard InChI is InChI=1S/C25H24FN3O2/c26-19-8-9-21-22(15-27-23(21)14-19)24(25(30)31)29-12-10-28(11-13-29)16-18-6-3-5-17-4-1-2-7-20(17)18/h1-9,14-15,24,27H,10-13,16H2,(H,30,31)/t24-/m0/s1. The van der Waals surface area contributed by atoms with Crippen molar-refractivity contribution in [3.63, 3.8) is 0 Å². The van der Waals surface area contributed by atoms with Crippen LogP contribution in [0.2, 0.25) is 0 Å². The number of halogens is 1. The number of fused-ring (bicyclic) bond motifs is 2. The molecule has 31 heavy (non-hydrogen) atoms. The number of H-pyrrole nitrogens is 1. The predicted octanol–water partition coefficient (Wildman–Crippen LogP) is 4.40. The first-order valence-corrected chi connectivity index (χ1v) is 10.5. The van der Waals surface area contributed by atoms with Gasteiger partial charge in [0.15, 0.2) is 0 Å². The van der Waals surface area contributed by atoms with Gasteiger partial charge in [-0.05, 0) is 34.5 Å². The van der Waals surface area contributed by atoms with Gasteiger partial charge in [0.2, 0.25) is 0 Å². The number of rotatable bonds is 5. The molecular weight excluding hydrogens is 393 g/mol. The number of hydrogen-bond acceptors (Lipinski definition) is 3. The van der Waals surface area contributed by atoms with Crippen molar-refractivity contribution in [1.29, 1.82) is 0 Å². The second-order valence-corrected chi connectivity index (χ2v) is 8.13. The minimum atomic E-state index is -0.882. The fourth-order valence-corrected chi connectivity index (χ4v) is 4.68. The fourth-order valence-electron chi connectivity index (χ4n) is 4.68. The van der Waals surface area contributed by atoms with Crippen LogP contribution in [0, 0.1) is 5.82 Å². The van der Waals surface area contributed by atoms with Gasteiger partial charge < -0.3 is 10.1 Å². The normalized spacial score (nSPS) is 16.7. The molecule has 1 fully saturated rings. The van der Waals surface area contributed by atoms with Crippen molar-refractivity contribution in [2.75, 3.05) is 26.2 Å². The van der Waals surface area contributed by atoms with E-state index in [0.29, 0.717) is 24.2 Å². The summed E-state index contributed by atoms with van der Waals surface area (Å²) in [6.45, 7) is 3.76. The lowest BCUT2D eigenvalue weighted by Gasteiger charge is -2.37. The van der Waals surface area contributed by atoms with Crippen LogP contribution < -0.4 is 0 Å². The Kier molecular flexibility index (Phi) is 5.18. The van der Waals surface area contributed by atoms with Crippen molar-refractivity contribution in [2.24, 2.45) is 0 Å². The highest BCUT2D eigenvalue weighted by Crippen LogP contribution is 2.30. The Bertz CT molecular complexity index is 1240. The molecule has 3 aromatic carbocycles. The summed E-state index contributed by atoms with van der Waals surface area (Å²) in [4.78, 5) is 19.6. The van der Waals surface area contributed by atoms with Crippen LogP contribution in [0.1, 0.15) is 17.2 Å². The maximum atomic E-state index is 13.5. The molecule has 1 aliphatic heterocycles. The third-order valence-corrected chi connectivity index (χ3v) is 6.25. The molecule has 2 heterocycles. The quantitative estimate of drug-likeness (QED) is 0.505. The van der Waals surface area contributed by atoms with E-state index in [2.05, 4.69) is 52.3 Å². The highest BCUT2D eigenvalue weighted by atomic mass is 19.1. The Balaban J connectivity index is 1.33. The van der Waals surface area contributed by atoms with E-state index >= 15 is 0 Å². The fraction of sp³-hybridized carbons (Fsp3) is 0.240. The summed E-state index contributed by atoms with van der Waals surface area (Å²) in [6.07, 6.45) is 1.70. The van der Waals surface area contributed by atoms with E-state index in [1.807, 2.05) is 4.90 Å². The van der Waals surface area contributed by atoms with Crippen LogP contribution in [0.4, 0.5) is 4.39 Å². The van der Waals surface area contributed by atoms with Crippen molar-refractivity contribution in [1.82, 2.24) is 14.8 Å². The first kappa shape index (κ1) is 19.7. The summed E-state index contributed by atoms with van der Waals surface area (Å²) >= 11 is 0. The molecule has 5 nitrogen and oxygen atoms in total. The van der Waals surface area contributed by atoms with Gasteiger partial charge in [-0.25, -0.2) is 4.39 Å². The number of nitrogens with zero attached hydrogens (tertiary/aromatic N) is 2. The van der Waals surface area contributed by atoms with Gasteiger partial charge in [0.25, 0.3) is 0 Å². The zero-order chi connectivity index (χ0) is 21.4. The molecule has 1 atom stereocenters. The van der Waals surface area contributed by atoms with Gasteiger partial charge >= 0.3 is 5.97 Å². The van der Waals surface area contributed by atoms with E-state index in [9.17, 15) is 14.3 Å². The van der Waals surface area contributed by atoms with Crippen LogP contribution in [-0.2, 0) is 11.3 Å². The van der Waals surface area contributed by atoms with Crippen LogP contribution >= 0.6 is 0 Å². The predicted molar refractivity (Wildman–Crippen MR) is 119 cm³/mol. The van der Waals surface area contributed by atoms with Gasteiger partial charge in [0.1, 0.15) is 11.9 Å². The van der Waals surface area contributed by atoms with E-state index in [4.69, 9.17) is 0 Å². The third kappa shape index (κ3) is 3.80. The summed E-state index contributed by atoms with van der Waals surface area (Å²) in [5.41, 5.74) is 2.60. The molecule has 4 aromatic rings. The van der Waals surface area contributed by atoms with Crippen LogP contribution in [0.15, 0.2) is 66.9 Å². The third-order valence-electron chi connectivity index (χ3n) is 6.25. The van der Waals surface area contributed by atoms with E-state index in [1.54, 1.807) is 12.3 Å². The smallest absolute Gasteiger partial charge is 0.325 e. The molecule has 0 radical (unpaired) electrons. The van der Waals surface area contributed by atoms with Crippen molar-refractivity contribution in [3.05, 3.63) is 83.8 Å². The second-order valence-electron chi connectivity index (χ2n) is 8.13. The number of aromatic nitrogens is 1. The largest absolute Gasteiger partial charge is 0.480 e. The molecule has 0 unspecified atom stereocenters. The summed E-state index contributed by atoms with van der Waals surface area (Å²) in [5, 5.41) is 13.2. The van der Waals surface area contributed by atoms with Crippen molar-refractivity contribution >= 4 is 27.6 Å². The Hall–Kier alpha value is -3.22. The number of aromatic amines is 1. The maximum Gasteiger partial charge on any atom is 0.325 e. The number of piperazine rings is 1. The number of aliphatic carboxylic acids is 1. The molecule has 0 amide bonds. The lowest BCUT2D eigenvalue weighted by Crippen LogP contribution is -2.48. The average molecular weight is 417 g/mol. The summed E-state index contributed by atoms with van der Waals surface area (Å²) in [5.74, 6) is -1.22. The van der Waals surface area contributed by atoms with Crippen molar-refractivity contribution < 1.29 is 14.3 Å². The summed E-state index contributed by atoms with van der Waals surface area (Å²) in [7, 11) is 0. The summed E-state index contributed by atoms with van der Waals surface area (Å²) in [6, 6.07) is 18.5. The van der Waals surface area contributed by atoms with Crippen LogP contribution in [0.5, 0.6) is 0 Å². The molecular formula is C25H24FN3O2. The van der Waals surface area contributed by atoms with E-state index < -0.39 is 12.0 Å². The average Bonchev–Trinajstić information content (AvgIpc) is 3.18. The van der Waals surface area contributed by atoms with Gasteiger partial charge in [-0.15, -0.1) is 0 Å². The summed E-state index contributed by atoms with van der Waals surface area (Å²) < 4.78 is 13.5. The lowest BCUT2D eigenvalue weighted by molar-refractivity contribution is -0.144. The molecule has 0 aliphatic carbocycles. The van der Waals surface area contributed by atoms with Crippen molar-refractivity contribution in [3.8, 4) is 0 Å². The Morgan fingerprint density at radius 1 is 1.00 bits per heavy atom. The first-order chi connectivity index (χ1) is 15.1. The Morgan fingerprint density at radius 3 is 2.58 bits per heavy atom. The van der Waals surface area contributed by atoms with Gasteiger partial charge in [0.05, 0.1) is 0 Å². The zero-order valence-corrected chi connectivity index (χ0v) is 17.1. The van der Waals surface area contributed by atoms with Crippen LogP contribution in [0.25, 0.3) is 21.7 Å². The zero-order valence-electron chi connectivity index (χ0n) is 17.1. The molecule has 1 aromatic heterocycles. The molecule has 158 valence electrons. The number of carbonyl (C=O) groups is 1. The molecule has 1 aliphatic rings. The Labute approximate surface area is 179 Å². The Morgan fingerprint density at radius 2 is 1.77 bits per heavy atom. The van der Waals surface area contributed by atoms with Gasteiger partial charge in [-0.3, -0.25) is 14.6 Å². The van der Waals surface area contributed by atoms with E-state index in [0.717, 1.165) is 25.0 Å². The second kappa shape index (κ2) is 8.13. The number of benzene rings is 3. The monoisotopic (exact) mass is 417 g/mol. The molecule has 0 saturated carbocycles. The van der Waals surface area contributed by atoms with Gasteiger partial charge in [-0.2, -0.15) is 0 Å². The topological polar surface area (TPSA) is 59.6 Å². The van der Waals surface area contributed by atoms with E-state index in [1.165, 1.54) is 28.5 Å². The number of carboxylic acid groups (broad SMARTS) is 1. The molecule has 6 heteroatoms. The maximum absolute atomic E-state index is 13.5. The highest BCUT2D eigenvalue weighted by Gasteiger charge is 2.32. The first-order valence-electron chi connectivity index (χ1n) is 10.5. The lowest BCUT2D eigenvalue weighted by atomic mass is 10.0.